The molecule has 0 unspecified atom stereocenters. The summed E-state index contributed by atoms with van der Waals surface area (Å²) in [7, 11) is 0. The SMILES string of the molecule is CCOC(=O)Cc1cccc(Sc2ccccc2)c1. The Hall–Kier alpha value is -1.74. The zero-order valence-electron chi connectivity index (χ0n) is 10.8. The number of carbonyl (C=O) groups is 1. The van der Waals surface area contributed by atoms with E-state index in [-0.39, 0.29) is 5.97 Å². The summed E-state index contributed by atoms with van der Waals surface area (Å²) in [5, 5.41) is 0. The van der Waals surface area contributed by atoms with Gasteiger partial charge < -0.3 is 4.74 Å². The second kappa shape index (κ2) is 7.00. The number of ether oxygens (including phenoxy) is 1. The van der Waals surface area contributed by atoms with Crippen LogP contribution in [0.3, 0.4) is 0 Å². The molecule has 98 valence electrons. The molecule has 2 rings (SSSR count). The molecular weight excluding hydrogens is 256 g/mol. The Morgan fingerprint density at radius 3 is 2.53 bits per heavy atom. The van der Waals surface area contributed by atoms with Crippen molar-refractivity contribution in [3.63, 3.8) is 0 Å². The molecule has 0 aliphatic heterocycles. The average molecular weight is 272 g/mol. The first-order chi connectivity index (χ1) is 9.28. The molecular formula is C16H16O2S. The lowest BCUT2D eigenvalue weighted by atomic mass is 10.1. The topological polar surface area (TPSA) is 26.3 Å². The van der Waals surface area contributed by atoms with E-state index in [0.29, 0.717) is 13.0 Å². The van der Waals surface area contributed by atoms with Gasteiger partial charge in [0.1, 0.15) is 0 Å². The summed E-state index contributed by atoms with van der Waals surface area (Å²) < 4.78 is 4.96. The van der Waals surface area contributed by atoms with Gasteiger partial charge in [0.15, 0.2) is 0 Å². The number of hydrogen-bond donors (Lipinski definition) is 0. The van der Waals surface area contributed by atoms with Crippen LogP contribution in [0.5, 0.6) is 0 Å². The molecule has 2 aromatic rings. The molecule has 0 aliphatic rings. The van der Waals surface area contributed by atoms with Gasteiger partial charge in [-0.25, -0.2) is 0 Å². The first-order valence-corrected chi connectivity index (χ1v) is 7.07. The van der Waals surface area contributed by atoms with Crippen molar-refractivity contribution >= 4 is 17.7 Å². The van der Waals surface area contributed by atoms with Crippen molar-refractivity contribution in [1.29, 1.82) is 0 Å². The third-order valence-electron chi connectivity index (χ3n) is 2.53. The summed E-state index contributed by atoms with van der Waals surface area (Å²) >= 11 is 1.69. The van der Waals surface area contributed by atoms with Crippen molar-refractivity contribution < 1.29 is 9.53 Å². The zero-order chi connectivity index (χ0) is 13.5. The van der Waals surface area contributed by atoms with E-state index in [0.717, 1.165) is 10.5 Å². The van der Waals surface area contributed by atoms with Crippen molar-refractivity contribution in [2.75, 3.05) is 6.61 Å². The molecule has 0 N–H and O–H groups in total. The number of carbonyl (C=O) groups excluding carboxylic acids is 1. The molecule has 0 amide bonds. The lowest BCUT2D eigenvalue weighted by molar-refractivity contribution is -0.142. The summed E-state index contributed by atoms with van der Waals surface area (Å²) in [6, 6.07) is 18.2. The molecule has 0 aliphatic carbocycles. The fourth-order valence-electron chi connectivity index (χ4n) is 1.72. The molecule has 0 aromatic heterocycles. The number of esters is 1. The van der Waals surface area contributed by atoms with Crippen LogP contribution in [0, 0.1) is 0 Å². The molecule has 0 spiro atoms. The molecule has 0 bridgehead atoms. The van der Waals surface area contributed by atoms with Crippen LogP contribution in [0.4, 0.5) is 0 Å². The van der Waals surface area contributed by atoms with E-state index in [4.69, 9.17) is 4.74 Å². The van der Waals surface area contributed by atoms with Crippen LogP contribution < -0.4 is 0 Å². The Kier molecular flexibility index (Phi) is 5.04. The molecule has 3 heteroatoms. The minimum atomic E-state index is -0.177. The van der Waals surface area contributed by atoms with Crippen molar-refractivity contribution in [3.8, 4) is 0 Å². The van der Waals surface area contributed by atoms with Crippen molar-refractivity contribution in [3.05, 3.63) is 60.2 Å². The van der Waals surface area contributed by atoms with Crippen LogP contribution in [0.1, 0.15) is 12.5 Å². The molecule has 0 saturated heterocycles. The first kappa shape index (κ1) is 13.7. The molecule has 0 radical (unpaired) electrons. The highest BCUT2D eigenvalue weighted by molar-refractivity contribution is 7.99. The fourth-order valence-corrected chi connectivity index (χ4v) is 2.64. The van der Waals surface area contributed by atoms with Crippen LogP contribution in [0.15, 0.2) is 64.4 Å². The van der Waals surface area contributed by atoms with Gasteiger partial charge in [-0.2, -0.15) is 0 Å². The molecule has 0 fully saturated rings. The minimum absolute atomic E-state index is 0.177. The Bertz CT molecular complexity index is 537. The van der Waals surface area contributed by atoms with Gasteiger partial charge in [0.25, 0.3) is 0 Å². The Balaban J connectivity index is 2.05. The fraction of sp³-hybridized carbons (Fsp3) is 0.188. The Morgan fingerprint density at radius 1 is 1.05 bits per heavy atom. The van der Waals surface area contributed by atoms with E-state index in [9.17, 15) is 4.79 Å². The van der Waals surface area contributed by atoms with Crippen LogP contribution in [-0.2, 0) is 16.0 Å². The van der Waals surface area contributed by atoms with Gasteiger partial charge in [-0.15, -0.1) is 0 Å². The zero-order valence-corrected chi connectivity index (χ0v) is 11.7. The third-order valence-corrected chi connectivity index (χ3v) is 3.53. The maximum absolute atomic E-state index is 11.5. The Morgan fingerprint density at radius 2 is 1.79 bits per heavy atom. The normalized spacial score (nSPS) is 10.2. The van der Waals surface area contributed by atoms with Gasteiger partial charge in [-0.3, -0.25) is 4.79 Å². The van der Waals surface area contributed by atoms with Gasteiger partial charge in [0, 0.05) is 9.79 Å². The summed E-state index contributed by atoms with van der Waals surface area (Å²) in [6.07, 6.45) is 0.330. The van der Waals surface area contributed by atoms with Gasteiger partial charge in [-0.1, -0.05) is 42.1 Å². The number of rotatable bonds is 5. The third kappa shape index (κ3) is 4.45. The highest BCUT2D eigenvalue weighted by atomic mass is 32.2. The van der Waals surface area contributed by atoms with Crippen LogP contribution >= 0.6 is 11.8 Å². The maximum Gasteiger partial charge on any atom is 0.310 e. The van der Waals surface area contributed by atoms with E-state index in [1.54, 1.807) is 11.8 Å². The molecule has 2 aromatic carbocycles. The predicted octanol–water partition coefficient (Wildman–Crippen LogP) is 3.94. The predicted molar refractivity (Wildman–Crippen MR) is 77.3 cm³/mol. The Labute approximate surface area is 117 Å². The molecule has 0 saturated carbocycles. The average Bonchev–Trinajstić information content (AvgIpc) is 2.40. The highest BCUT2D eigenvalue weighted by Crippen LogP contribution is 2.27. The summed E-state index contributed by atoms with van der Waals surface area (Å²) in [4.78, 5) is 13.8. The summed E-state index contributed by atoms with van der Waals surface area (Å²) in [5.74, 6) is -0.177. The highest BCUT2D eigenvalue weighted by Gasteiger charge is 2.05. The summed E-state index contributed by atoms with van der Waals surface area (Å²) in [5.41, 5.74) is 0.986. The van der Waals surface area contributed by atoms with E-state index in [2.05, 4.69) is 12.1 Å². The number of benzene rings is 2. The van der Waals surface area contributed by atoms with Gasteiger partial charge in [0.2, 0.25) is 0 Å². The van der Waals surface area contributed by atoms with Crippen molar-refractivity contribution in [2.45, 2.75) is 23.1 Å². The van der Waals surface area contributed by atoms with Crippen molar-refractivity contribution in [1.82, 2.24) is 0 Å². The van der Waals surface area contributed by atoms with Gasteiger partial charge >= 0.3 is 5.97 Å². The standard InChI is InChI=1S/C16H16O2S/c1-2-18-16(17)12-13-7-6-10-15(11-13)19-14-8-4-3-5-9-14/h3-11H,2,12H2,1H3. The number of hydrogen-bond acceptors (Lipinski definition) is 3. The van der Waals surface area contributed by atoms with Crippen LogP contribution in [-0.4, -0.2) is 12.6 Å². The van der Waals surface area contributed by atoms with Crippen molar-refractivity contribution in [2.24, 2.45) is 0 Å². The van der Waals surface area contributed by atoms with E-state index in [1.165, 1.54) is 4.90 Å². The molecule has 19 heavy (non-hydrogen) atoms. The van der Waals surface area contributed by atoms with Gasteiger partial charge in [0.05, 0.1) is 13.0 Å². The molecule has 0 atom stereocenters. The molecule has 2 nitrogen and oxygen atoms in total. The first-order valence-electron chi connectivity index (χ1n) is 6.25. The van der Waals surface area contributed by atoms with E-state index >= 15 is 0 Å². The largest absolute Gasteiger partial charge is 0.466 e. The second-order valence-corrected chi connectivity index (χ2v) is 5.19. The van der Waals surface area contributed by atoms with Crippen LogP contribution in [0.25, 0.3) is 0 Å². The monoisotopic (exact) mass is 272 g/mol. The second-order valence-electron chi connectivity index (χ2n) is 4.04. The smallest absolute Gasteiger partial charge is 0.310 e. The van der Waals surface area contributed by atoms with Gasteiger partial charge in [-0.05, 0) is 36.8 Å². The molecule has 0 heterocycles. The lowest BCUT2D eigenvalue weighted by Gasteiger charge is -2.05. The quantitative estimate of drug-likeness (QED) is 0.771. The van der Waals surface area contributed by atoms with Crippen LogP contribution in [0.2, 0.25) is 0 Å². The lowest BCUT2D eigenvalue weighted by Crippen LogP contribution is -2.07. The summed E-state index contributed by atoms with van der Waals surface area (Å²) in [6.45, 7) is 2.25. The van der Waals surface area contributed by atoms with E-state index < -0.39 is 0 Å². The maximum atomic E-state index is 11.5. The minimum Gasteiger partial charge on any atom is -0.466 e. The van der Waals surface area contributed by atoms with E-state index in [1.807, 2.05) is 49.4 Å².